The van der Waals surface area contributed by atoms with Crippen molar-refractivity contribution in [3.05, 3.63) is 30.4 Å². The summed E-state index contributed by atoms with van der Waals surface area (Å²) < 4.78 is 4.09. The number of rotatable bonds is 4. The summed E-state index contributed by atoms with van der Waals surface area (Å²) in [5.41, 5.74) is -0.0176. The van der Waals surface area contributed by atoms with Crippen molar-refractivity contribution < 1.29 is 9.32 Å². The van der Waals surface area contributed by atoms with Gasteiger partial charge in [-0.1, -0.05) is 5.16 Å². The number of hydrogen-bond acceptors (Lipinski definition) is 5. The molecule has 1 amide bonds. The standard InChI is InChI=1S/C13H12Cl2N4O2/c1-12(7-13(12,14)15)11(20)17-6-9-18-10(19-21-9)8-3-2-4-16-5-8/h2-5H,6-7H2,1H3,(H,17,20). The summed E-state index contributed by atoms with van der Waals surface area (Å²) in [6.07, 6.45) is 3.72. The van der Waals surface area contributed by atoms with Crippen LogP contribution in [0, 0.1) is 5.41 Å². The maximum atomic E-state index is 12.0. The van der Waals surface area contributed by atoms with Gasteiger partial charge < -0.3 is 9.84 Å². The average Bonchev–Trinajstić information content (AvgIpc) is 2.83. The molecule has 6 nitrogen and oxygen atoms in total. The zero-order valence-corrected chi connectivity index (χ0v) is 12.6. The van der Waals surface area contributed by atoms with E-state index in [1.807, 2.05) is 6.07 Å². The van der Waals surface area contributed by atoms with E-state index in [4.69, 9.17) is 27.7 Å². The Bertz CT molecular complexity index is 674. The molecule has 1 saturated carbocycles. The largest absolute Gasteiger partial charge is 0.346 e. The molecule has 0 radical (unpaired) electrons. The highest BCUT2D eigenvalue weighted by Crippen LogP contribution is 2.63. The van der Waals surface area contributed by atoms with Crippen LogP contribution >= 0.6 is 23.2 Å². The first kappa shape index (κ1) is 14.3. The number of hydrogen-bond donors (Lipinski definition) is 1. The Labute approximate surface area is 130 Å². The van der Waals surface area contributed by atoms with Crippen LogP contribution < -0.4 is 5.32 Å². The van der Waals surface area contributed by atoms with Gasteiger partial charge >= 0.3 is 0 Å². The molecule has 0 bridgehead atoms. The third kappa shape index (κ3) is 2.61. The summed E-state index contributed by atoms with van der Waals surface area (Å²) in [6.45, 7) is 1.85. The van der Waals surface area contributed by atoms with Crippen molar-refractivity contribution in [1.29, 1.82) is 0 Å². The third-order valence-corrected chi connectivity index (χ3v) is 4.65. The van der Waals surface area contributed by atoms with E-state index in [0.29, 0.717) is 18.1 Å². The zero-order chi connectivity index (χ0) is 15.1. The number of halogens is 2. The predicted molar refractivity (Wildman–Crippen MR) is 76.5 cm³/mol. The highest BCUT2D eigenvalue weighted by atomic mass is 35.5. The lowest BCUT2D eigenvalue weighted by molar-refractivity contribution is -0.126. The van der Waals surface area contributed by atoms with Gasteiger partial charge in [-0.3, -0.25) is 9.78 Å². The Balaban J connectivity index is 1.63. The van der Waals surface area contributed by atoms with Gasteiger partial charge in [-0.2, -0.15) is 4.98 Å². The van der Waals surface area contributed by atoms with Gasteiger partial charge in [0, 0.05) is 18.0 Å². The fraction of sp³-hybridized carbons (Fsp3) is 0.385. The number of alkyl halides is 2. The summed E-state index contributed by atoms with van der Waals surface area (Å²) in [5, 5.41) is 6.54. The maximum Gasteiger partial charge on any atom is 0.246 e. The molecule has 0 aliphatic heterocycles. The molecule has 0 aromatic carbocycles. The van der Waals surface area contributed by atoms with E-state index >= 15 is 0 Å². The second-order valence-corrected chi connectivity index (χ2v) is 6.63. The second kappa shape index (κ2) is 4.96. The first-order valence-corrected chi connectivity index (χ1v) is 7.07. The molecule has 0 spiro atoms. The van der Waals surface area contributed by atoms with Gasteiger partial charge in [0.15, 0.2) is 0 Å². The minimum atomic E-state index is -0.993. The van der Waals surface area contributed by atoms with Crippen LogP contribution in [0.1, 0.15) is 19.2 Å². The molecule has 3 rings (SSSR count). The second-order valence-electron chi connectivity index (χ2n) is 5.15. The van der Waals surface area contributed by atoms with Gasteiger partial charge in [-0.05, 0) is 25.5 Å². The molecule has 110 valence electrons. The number of pyridine rings is 1. The predicted octanol–water partition coefficient (Wildman–Crippen LogP) is 2.33. The van der Waals surface area contributed by atoms with E-state index in [-0.39, 0.29) is 12.5 Å². The topological polar surface area (TPSA) is 80.9 Å². The van der Waals surface area contributed by atoms with Gasteiger partial charge in [0.05, 0.1) is 12.0 Å². The normalized spacial score (nSPS) is 22.8. The molecule has 21 heavy (non-hydrogen) atoms. The lowest BCUT2D eigenvalue weighted by Crippen LogP contribution is -2.32. The smallest absolute Gasteiger partial charge is 0.246 e. The molecular weight excluding hydrogens is 315 g/mol. The van der Waals surface area contributed by atoms with Gasteiger partial charge in [0.2, 0.25) is 17.6 Å². The Hall–Kier alpha value is -1.66. The zero-order valence-electron chi connectivity index (χ0n) is 11.1. The molecular formula is C13H12Cl2N4O2. The highest BCUT2D eigenvalue weighted by Gasteiger charge is 2.67. The average molecular weight is 327 g/mol. The number of carbonyl (C=O) groups excluding carboxylic acids is 1. The van der Waals surface area contributed by atoms with Gasteiger partial charge in [0.1, 0.15) is 4.33 Å². The van der Waals surface area contributed by atoms with Crippen LogP contribution in [0.5, 0.6) is 0 Å². The van der Waals surface area contributed by atoms with Gasteiger partial charge in [0.25, 0.3) is 0 Å². The molecule has 2 heterocycles. The van der Waals surface area contributed by atoms with Crippen molar-refractivity contribution >= 4 is 29.1 Å². The molecule has 1 fully saturated rings. The van der Waals surface area contributed by atoms with E-state index in [2.05, 4.69) is 20.4 Å². The lowest BCUT2D eigenvalue weighted by atomic mass is 10.1. The van der Waals surface area contributed by atoms with E-state index in [9.17, 15) is 4.79 Å². The molecule has 2 aromatic rings. The molecule has 1 aliphatic carbocycles. The number of amides is 1. The van der Waals surface area contributed by atoms with Gasteiger partial charge in [-0.15, -0.1) is 23.2 Å². The van der Waals surface area contributed by atoms with E-state index in [1.54, 1.807) is 25.4 Å². The molecule has 2 aromatic heterocycles. The lowest BCUT2D eigenvalue weighted by Gasteiger charge is -2.10. The van der Waals surface area contributed by atoms with Crippen molar-refractivity contribution in [2.45, 2.75) is 24.2 Å². The molecule has 8 heteroatoms. The minimum Gasteiger partial charge on any atom is -0.346 e. The van der Waals surface area contributed by atoms with Crippen LogP contribution in [-0.4, -0.2) is 25.4 Å². The summed E-state index contributed by atoms with van der Waals surface area (Å²) in [4.78, 5) is 20.2. The SMILES string of the molecule is CC1(C(=O)NCc2nc(-c3cccnc3)no2)CC1(Cl)Cl. The fourth-order valence-corrected chi connectivity index (χ4v) is 2.64. The van der Waals surface area contributed by atoms with Crippen molar-refractivity contribution in [2.75, 3.05) is 0 Å². The number of carbonyl (C=O) groups is 1. The van der Waals surface area contributed by atoms with Crippen LogP contribution in [0.2, 0.25) is 0 Å². The van der Waals surface area contributed by atoms with Crippen LogP contribution in [0.15, 0.2) is 29.0 Å². The third-order valence-electron chi connectivity index (χ3n) is 3.55. The van der Waals surface area contributed by atoms with Crippen molar-refractivity contribution in [1.82, 2.24) is 20.4 Å². The quantitative estimate of drug-likeness (QED) is 0.872. The van der Waals surface area contributed by atoms with Gasteiger partial charge in [-0.25, -0.2) is 0 Å². The number of aromatic nitrogens is 3. The molecule has 0 saturated heterocycles. The molecule has 1 N–H and O–H groups in total. The summed E-state index contributed by atoms with van der Waals surface area (Å²) in [7, 11) is 0. The maximum absolute atomic E-state index is 12.0. The highest BCUT2D eigenvalue weighted by molar-refractivity contribution is 6.53. The molecule has 1 unspecified atom stereocenters. The molecule has 1 atom stereocenters. The monoisotopic (exact) mass is 326 g/mol. The molecule has 1 aliphatic rings. The first-order chi connectivity index (χ1) is 9.92. The van der Waals surface area contributed by atoms with Crippen LogP contribution in [-0.2, 0) is 11.3 Å². The fourth-order valence-electron chi connectivity index (χ4n) is 1.94. The van der Waals surface area contributed by atoms with E-state index < -0.39 is 9.75 Å². The van der Waals surface area contributed by atoms with Crippen molar-refractivity contribution in [3.8, 4) is 11.4 Å². The Morgan fingerprint density at radius 1 is 1.52 bits per heavy atom. The van der Waals surface area contributed by atoms with Crippen molar-refractivity contribution in [3.63, 3.8) is 0 Å². The summed E-state index contributed by atoms with van der Waals surface area (Å²) >= 11 is 11.9. The summed E-state index contributed by atoms with van der Waals surface area (Å²) in [6, 6.07) is 3.60. The Morgan fingerprint density at radius 2 is 2.29 bits per heavy atom. The van der Waals surface area contributed by atoms with E-state index in [1.165, 1.54) is 0 Å². The van der Waals surface area contributed by atoms with E-state index in [0.717, 1.165) is 5.56 Å². The minimum absolute atomic E-state index is 0.130. The Kier molecular flexibility index (Phi) is 3.37. The number of nitrogens with one attached hydrogen (secondary N) is 1. The van der Waals surface area contributed by atoms with Crippen LogP contribution in [0.4, 0.5) is 0 Å². The van der Waals surface area contributed by atoms with Crippen LogP contribution in [0.3, 0.4) is 0 Å². The van der Waals surface area contributed by atoms with Crippen molar-refractivity contribution in [2.24, 2.45) is 5.41 Å². The Morgan fingerprint density at radius 3 is 2.90 bits per heavy atom. The van der Waals surface area contributed by atoms with Crippen LogP contribution in [0.25, 0.3) is 11.4 Å². The number of nitrogens with zero attached hydrogens (tertiary/aromatic N) is 3. The summed E-state index contributed by atoms with van der Waals surface area (Å²) in [5.74, 6) is 0.504. The first-order valence-electron chi connectivity index (χ1n) is 6.31.